The molecule has 0 unspecified atom stereocenters. The number of rotatable bonds is 5. The maximum absolute atomic E-state index is 12.8. The third-order valence-electron chi connectivity index (χ3n) is 4.73. The molecule has 0 radical (unpaired) electrons. The fourth-order valence-corrected chi connectivity index (χ4v) is 4.09. The van der Waals surface area contributed by atoms with Crippen LogP contribution in [0.2, 0.25) is 0 Å². The molecule has 6 heteroatoms. The van der Waals surface area contributed by atoms with E-state index in [2.05, 4.69) is 4.98 Å². The Morgan fingerprint density at radius 3 is 2.27 bits per heavy atom. The van der Waals surface area contributed by atoms with Crippen molar-refractivity contribution < 1.29 is 9.59 Å². The molecule has 0 spiro atoms. The van der Waals surface area contributed by atoms with Crippen molar-refractivity contribution in [2.75, 3.05) is 4.90 Å². The first kappa shape index (κ1) is 21.2. The van der Waals surface area contributed by atoms with Gasteiger partial charge in [0.15, 0.2) is 5.13 Å². The number of carbonyl (C=O) groups is 2. The normalized spacial score (nSPS) is 11.1. The Morgan fingerprint density at radius 1 is 1.03 bits per heavy atom. The lowest BCUT2D eigenvalue weighted by Gasteiger charge is -2.22. The van der Waals surface area contributed by atoms with E-state index in [0.717, 1.165) is 22.4 Å². The highest BCUT2D eigenvalue weighted by Gasteiger charge is 2.22. The number of para-hydroxylation sites is 1. The van der Waals surface area contributed by atoms with E-state index in [1.165, 1.54) is 24.3 Å². The first-order valence-electron chi connectivity index (χ1n) is 9.38. The van der Waals surface area contributed by atoms with Crippen LogP contribution in [0.5, 0.6) is 0 Å². The van der Waals surface area contributed by atoms with Gasteiger partial charge in [0, 0.05) is 17.9 Å². The van der Waals surface area contributed by atoms with Crippen LogP contribution in [0, 0.1) is 32.1 Å². The van der Waals surface area contributed by atoms with Gasteiger partial charge in [-0.15, -0.1) is 11.3 Å². The molecule has 0 fully saturated rings. The molecular weight excluding hydrogens is 394 g/mol. The molecule has 3 rings (SSSR count). The zero-order valence-electron chi connectivity index (χ0n) is 17.3. The molecule has 5 nitrogen and oxygen atoms in total. The predicted molar refractivity (Wildman–Crippen MR) is 120 cm³/mol. The molecule has 150 valence electrons. The maximum Gasteiger partial charge on any atom is 0.230 e. The quantitative estimate of drug-likeness (QED) is 0.311. The van der Waals surface area contributed by atoms with E-state index in [4.69, 9.17) is 0 Å². The summed E-state index contributed by atoms with van der Waals surface area (Å²) in [5, 5.41) is 11.8. The van der Waals surface area contributed by atoms with Crippen molar-refractivity contribution in [2.45, 2.75) is 27.7 Å². The van der Waals surface area contributed by atoms with E-state index in [1.807, 2.05) is 57.2 Å². The SMILES string of the molecule is CC(=O)N(c1nc(/C=C(\C#N)C(=O)c2ccccc2C)cs1)c1c(C)cccc1C. The van der Waals surface area contributed by atoms with Gasteiger partial charge in [0.05, 0.1) is 11.4 Å². The lowest BCUT2D eigenvalue weighted by atomic mass is 9.99. The van der Waals surface area contributed by atoms with Gasteiger partial charge >= 0.3 is 0 Å². The molecule has 0 aliphatic carbocycles. The molecule has 0 aliphatic heterocycles. The molecule has 1 heterocycles. The number of aryl methyl sites for hydroxylation is 3. The average molecular weight is 416 g/mol. The minimum absolute atomic E-state index is 0.00240. The van der Waals surface area contributed by atoms with E-state index >= 15 is 0 Å². The van der Waals surface area contributed by atoms with Gasteiger partial charge in [-0.2, -0.15) is 5.26 Å². The molecule has 30 heavy (non-hydrogen) atoms. The van der Waals surface area contributed by atoms with Crippen molar-refractivity contribution in [3.63, 3.8) is 0 Å². The molecule has 0 saturated carbocycles. The molecule has 0 aliphatic rings. The zero-order chi connectivity index (χ0) is 21.8. The van der Waals surface area contributed by atoms with Crippen LogP contribution in [-0.2, 0) is 4.79 Å². The molecule has 2 aromatic carbocycles. The molecular formula is C24H21N3O2S. The number of aromatic nitrogens is 1. The minimum Gasteiger partial charge on any atom is -0.288 e. The Kier molecular flexibility index (Phi) is 6.24. The third-order valence-corrected chi connectivity index (χ3v) is 5.57. The Morgan fingerprint density at radius 2 is 1.67 bits per heavy atom. The Bertz CT molecular complexity index is 1180. The second-order valence-electron chi connectivity index (χ2n) is 6.96. The average Bonchev–Trinajstić information content (AvgIpc) is 3.16. The Labute approximate surface area is 179 Å². The maximum atomic E-state index is 12.8. The van der Waals surface area contributed by atoms with E-state index in [-0.39, 0.29) is 17.3 Å². The summed E-state index contributed by atoms with van der Waals surface area (Å²) in [4.78, 5) is 31.3. The Balaban J connectivity index is 2.00. The molecule has 3 aromatic rings. The number of amides is 1. The van der Waals surface area contributed by atoms with Crippen LogP contribution in [0.3, 0.4) is 0 Å². The molecule has 0 saturated heterocycles. The predicted octanol–water partition coefficient (Wildman–Crippen LogP) is 5.54. The highest BCUT2D eigenvalue weighted by molar-refractivity contribution is 7.14. The highest BCUT2D eigenvalue weighted by Crippen LogP contribution is 2.34. The smallest absolute Gasteiger partial charge is 0.230 e. The fourth-order valence-electron chi connectivity index (χ4n) is 3.26. The van der Waals surface area contributed by atoms with Crippen LogP contribution in [0.15, 0.2) is 53.4 Å². The summed E-state index contributed by atoms with van der Waals surface area (Å²) in [5.74, 6) is -0.503. The van der Waals surface area contributed by atoms with E-state index < -0.39 is 0 Å². The lowest BCUT2D eigenvalue weighted by Crippen LogP contribution is -2.24. The largest absolute Gasteiger partial charge is 0.288 e. The molecule has 0 bridgehead atoms. The molecule has 1 aromatic heterocycles. The van der Waals surface area contributed by atoms with Gasteiger partial charge in [0.25, 0.3) is 0 Å². The van der Waals surface area contributed by atoms with Crippen LogP contribution in [0.4, 0.5) is 10.8 Å². The number of hydrogen-bond donors (Lipinski definition) is 0. The summed E-state index contributed by atoms with van der Waals surface area (Å²) >= 11 is 1.29. The number of nitrogens with zero attached hydrogens (tertiary/aromatic N) is 3. The standard InChI is InChI=1S/C24H21N3O2S/c1-15-8-5-6-11-21(15)23(29)19(13-25)12-20-14-30-24(26-20)27(18(4)28)22-16(2)9-7-10-17(22)3/h5-12,14H,1-4H3/b19-12+. The number of ketones is 1. The summed E-state index contributed by atoms with van der Waals surface area (Å²) in [5.41, 5.74) is 4.48. The monoisotopic (exact) mass is 415 g/mol. The van der Waals surface area contributed by atoms with E-state index in [0.29, 0.717) is 16.4 Å². The summed E-state index contributed by atoms with van der Waals surface area (Å²) in [6.07, 6.45) is 1.47. The summed E-state index contributed by atoms with van der Waals surface area (Å²) in [7, 11) is 0. The van der Waals surface area contributed by atoms with Crippen molar-refractivity contribution in [3.8, 4) is 6.07 Å². The van der Waals surface area contributed by atoms with Crippen molar-refractivity contribution in [2.24, 2.45) is 0 Å². The van der Waals surface area contributed by atoms with Gasteiger partial charge < -0.3 is 0 Å². The first-order valence-corrected chi connectivity index (χ1v) is 10.3. The number of allylic oxidation sites excluding steroid dienone is 1. The van der Waals surface area contributed by atoms with Gasteiger partial charge in [-0.25, -0.2) is 4.98 Å². The topological polar surface area (TPSA) is 74.1 Å². The van der Waals surface area contributed by atoms with Crippen molar-refractivity contribution in [1.29, 1.82) is 5.26 Å². The summed E-state index contributed by atoms with van der Waals surface area (Å²) in [6.45, 7) is 7.21. The van der Waals surface area contributed by atoms with Gasteiger partial charge in [0.1, 0.15) is 11.6 Å². The lowest BCUT2D eigenvalue weighted by molar-refractivity contribution is -0.115. The van der Waals surface area contributed by atoms with E-state index in [1.54, 1.807) is 22.4 Å². The number of nitriles is 1. The number of Topliss-reactive ketones (excluding diaryl/α,β-unsaturated/α-hetero) is 1. The zero-order valence-corrected chi connectivity index (χ0v) is 18.1. The van der Waals surface area contributed by atoms with Crippen LogP contribution in [0.25, 0.3) is 6.08 Å². The minimum atomic E-state index is -0.344. The summed E-state index contributed by atoms with van der Waals surface area (Å²) in [6, 6.07) is 15.0. The van der Waals surface area contributed by atoms with Crippen molar-refractivity contribution in [1.82, 2.24) is 4.98 Å². The Hall–Kier alpha value is -3.56. The number of anilines is 2. The van der Waals surface area contributed by atoms with Crippen LogP contribution in [-0.4, -0.2) is 16.7 Å². The number of benzene rings is 2. The molecule has 0 N–H and O–H groups in total. The van der Waals surface area contributed by atoms with Crippen molar-refractivity contribution in [3.05, 3.63) is 81.4 Å². The van der Waals surface area contributed by atoms with Crippen LogP contribution >= 0.6 is 11.3 Å². The summed E-state index contributed by atoms with van der Waals surface area (Å²) < 4.78 is 0. The number of thiazole rings is 1. The van der Waals surface area contributed by atoms with E-state index in [9.17, 15) is 14.9 Å². The van der Waals surface area contributed by atoms with Crippen LogP contribution in [0.1, 0.15) is 39.7 Å². The van der Waals surface area contributed by atoms with Gasteiger partial charge in [-0.3, -0.25) is 14.5 Å². The van der Waals surface area contributed by atoms with Gasteiger partial charge in [0.2, 0.25) is 11.7 Å². The number of carbonyl (C=O) groups excluding carboxylic acids is 2. The third kappa shape index (κ3) is 4.22. The van der Waals surface area contributed by atoms with Gasteiger partial charge in [-0.05, 0) is 43.5 Å². The van der Waals surface area contributed by atoms with Crippen molar-refractivity contribution >= 4 is 39.9 Å². The second kappa shape index (κ2) is 8.85. The molecule has 0 atom stereocenters. The van der Waals surface area contributed by atoms with Crippen LogP contribution < -0.4 is 4.90 Å². The molecule has 1 amide bonds. The highest BCUT2D eigenvalue weighted by atomic mass is 32.1. The fraction of sp³-hybridized carbons (Fsp3) is 0.167. The first-order chi connectivity index (χ1) is 14.3. The second-order valence-corrected chi connectivity index (χ2v) is 7.80. The van der Waals surface area contributed by atoms with Gasteiger partial charge in [-0.1, -0.05) is 42.5 Å². The number of hydrogen-bond acceptors (Lipinski definition) is 5.